The number of nitrogens with two attached hydrogens (primary N) is 1. The molecule has 7 heteroatoms. The molecule has 0 aliphatic carbocycles. The first-order chi connectivity index (χ1) is 9.16. The normalized spacial score (nSPS) is 10.8. The Morgan fingerprint density at radius 2 is 2.16 bits per heavy atom. The maximum absolute atomic E-state index is 5.88. The van der Waals surface area contributed by atoms with Gasteiger partial charge in [0, 0.05) is 22.4 Å². The van der Waals surface area contributed by atoms with Gasteiger partial charge in [-0.25, -0.2) is 0 Å². The molecule has 0 radical (unpaired) electrons. The zero-order valence-electron chi connectivity index (χ0n) is 9.43. The smallest absolute Gasteiger partial charge is 0.230 e. The Hall–Kier alpha value is -1.18. The van der Waals surface area contributed by atoms with Crippen molar-refractivity contribution in [3.63, 3.8) is 0 Å². The SMILES string of the molecule is Nc1onc(-c2cc(Br)c(Br)s2)c1-c1cccnc1. The molecule has 3 aromatic rings. The fraction of sp³-hybridized carbons (Fsp3) is 0. The lowest BCUT2D eigenvalue weighted by molar-refractivity contribution is 0.439. The predicted octanol–water partition coefficient (Wildman–Crippen LogP) is 4.57. The average Bonchev–Trinajstić information content (AvgIpc) is 2.95. The molecule has 0 bridgehead atoms. The molecule has 0 unspecified atom stereocenters. The largest absolute Gasteiger partial charge is 0.367 e. The van der Waals surface area contributed by atoms with Crippen molar-refractivity contribution in [3.8, 4) is 21.7 Å². The molecule has 0 aliphatic rings. The molecule has 3 rings (SSSR count). The van der Waals surface area contributed by atoms with Crippen LogP contribution >= 0.6 is 43.2 Å². The lowest BCUT2D eigenvalue weighted by Gasteiger charge is -1.99. The molecule has 0 saturated carbocycles. The summed E-state index contributed by atoms with van der Waals surface area (Å²) in [5.41, 5.74) is 8.26. The third-order valence-electron chi connectivity index (χ3n) is 2.55. The van der Waals surface area contributed by atoms with Gasteiger partial charge < -0.3 is 10.3 Å². The molecule has 3 aromatic heterocycles. The quantitative estimate of drug-likeness (QED) is 0.684. The van der Waals surface area contributed by atoms with Crippen molar-refractivity contribution in [2.45, 2.75) is 0 Å². The molecule has 2 N–H and O–H groups in total. The summed E-state index contributed by atoms with van der Waals surface area (Å²) in [5.74, 6) is 0.295. The molecule has 0 saturated heterocycles. The molecule has 3 heterocycles. The van der Waals surface area contributed by atoms with Crippen LogP contribution < -0.4 is 5.73 Å². The van der Waals surface area contributed by atoms with Crippen molar-refractivity contribution in [2.75, 3.05) is 5.73 Å². The van der Waals surface area contributed by atoms with Crippen LogP contribution in [0, 0.1) is 0 Å². The predicted molar refractivity (Wildman–Crippen MR) is 82.9 cm³/mol. The summed E-state index contributed by atoms with van der Waals surface area (Å²) in [6.45, 7) is 0. The maximum Gasteiger partial charge on any atom is 0.230 e. The molecule has 0 aliphatic heterocycles. The number of nitrogen functional groups attached to an aromatic ring is 1. The number of anilines is 1. The van der Waals surface area contributed by atoms with E-state index in [9.17, 15) is 0 Å². The zero-order valence-corrected chi connectivity index (χ0v) is 13.4. The second-order valence-electron chi connectivity index (χ2n) is 3.74. The minimum absolute atomic E-state index is 0.295. The van der Waals surface area contributed by atoms with Gasteiger partial charge >= 0.3 is 0 Å². The molecule has 0 amide bonds. The van der Waals surface area contributed by atoms with Crippen molar-refractivity contribution in [1.29, 1.82) is 0 Å². The van der Waals surface area contributed by atoms with E-state index in [-0.39, 0.29) is 0 Å². The van der Waals surface area contributed by atoms with Gasteiger partial charge in [-0.3, -0.25) is 4.98 Å². The summed E-state index contributed by atoms with van der Waals surface area (Å²) in [4.78, 5) is 5.07. The Morgan fingerprint density at radius 1 is 1.32 bits per heavy atom. The number of aromatic nitrogens is 2. The third kappa shape index (κ3) is 2.33. The number of halogens is 2. The molecule has 4 nitrogen and oxygen atoms in total. The summed E-state index contributed by atoms with van der Waals surface area (Å²) in [7, 11) is 0. The Morgan fingerprint density at radius 3 is 2.79 bits per heavy atom. The number of rotatable bonds is 2. The van der Waals surface area contributed by atoms with Crippen LogP contribution in [0.5, 0.6) is 0 Å². The van der Waals surface area contributed by atoms with E-state index in [0.717, 1.165) is 30.0 Å². The van der Waals surface area contributed by atoms with Gasteiger partial charge in [0.25, 0.3) is 0 Å². The fourth-order valence-corrected chi connectivity index (χ4v) is 3.75. The second kappa shape index (κ2) is 5.07. The molecule has 0 atom stereocenters. The van der Waals surface area contributed by atoms with Gasteiger partial charge in [-0.2, -0.15) is 0 Å². The third-order valence-corrected chi connectivity index (χ3v) is 5.81. The van der Waals surface area contributed by atoms with Crippen molar-refractivity contribution in [3.05, 3.63) is 38.9 Å². The first-order valence-corrected chi connectivity index (χ1v) is 7.68. The number of nitrogens with zero attached hydrogens (tertiary/aromatic N) is 2. The summed E-state index contributed by atoms with van der Waals surface area (Å²) in [5, 5.41) is 4.06. The lowest BCUT2D eigenvalue weighted by Crippen LogP contribution is -1.87. The number of pyridine rings is 1. The van der Waals surface area contributed by atoms with E-state index in [1.54, 1.807) is 23.7 Å². The average molecular weight is 401 g/mol. The van der Waals surface area contributed by atoms with Crippen molar-refractivity contribution in [2.24, 2.45) is 0 Å². The molecule has 0 fully saturated rings. The van der Waals surface area contributed by atoms with E-state index in [0.29, 0.717) is 5.88 Å². The van der Waals surface area contributed by atoms with Gasteiger partial charge in [-0.05, 0) is 44.0 Å². The molecule has 96 valence electrons. The highest BCUT2D eigenvalue weighted by Crippen LogP contribution is 2.43. The molecule has 0 aromatic carbocycles. The van der Waals surface area contributed by atoms with Gasteiger partial charge in [-0.15, -0.1) is 11.3 Å². The summed E-state index contributed by atoms with van der Waals surface area (Å²) in [6.07, 6.45) is 3.45. The minimum Gasteiger partial charge on any atom is -0.367 e. The summed E-state index contributed by atoms with van der Waals surface area (Å²) in [6, 6.07) is 5.76. The minimum atomic E-state index is 0.295. The van der Waals surface area contributed by atoms with Crippen molar-refractivity contribution in [1.82, 2.24) is 10.1 Å². The van der Waals surface area contributed by atoms with Crippen LogP contribution in [0.3, 0.4) is 0 Å². The van der Waals surface area contributed by atoms with E-state index in [2.05, 4.69) is 42.0 Å². The van der Waals surface area contributed by atoms with Crippen molar-refractivity contribution < 1.29 is 4.52 Å². The van der Waals surface area contributed by atoms with E-state index < -0.39 is 0 Å². The first kappa shape index (κ1) is 12.8. The van der Waals surface area contributed by atoms with E-state index >= 15 is 0 Å². The van der Waals surface area contributed by atoms with Crippen LogP contribution in [0.25, 0.3) is 21.7 Å². The number of thiophene rings is 1. The van der Waals surface area contributed by atoms with Gasteiger partial charge in [-0.1, -0.05) is 11.2 Å². The molecular formula is C12H7Br2N3OS. The van der Waals surface area contributed by atoms with E-state index in [1.807, 2.05) is 18.2 Å². The standard InChI is InChI=1S/C12H7Br2N3OS/c13-7-4-8(19-11(7)14)10-9(12(15)18-17-10)6-2-1-3-16-5-6/h1-5H,15H2. The van der Waals surface area contributed by atoms with Crippen LogP contribution in [0.2, 0.25) is 0 Å². The van der Waals surface area contributed by atoms with Gasteiger partial charge in [0.05, 0.1) is 14.2 Å². The lowest BCUT2D eigenvalue weighted by atomic mass is 10.1. The van der Waals surface area contributed by atoms with E-state index in [1.165, 1.54) is 0 Å². The highest BCUT2D eigenvalue weighted by atomic mass is 79.9. The highest BCUT2D eigenvalue weighted by Gasteiger charge is 2.19. The Labute approximate surface area is 129 Å². The second-order valence-corrected chi connectivity index (χ2v) is 6.97. The van der Waals surface area contributed by atoms with E-state index in [4.69, 9.17) is 10.3 Å². The van der Waals surface area contributed by atoms with Crippen LogP contribution in [-0.2, 0) is 0 Å². The fourth-order valence-electron chi connectivity index (χ4n) is 1.72. The number of hydrogen-bond acceptors (Lipinski definition) is 5. The van der Waals surface area contributed by atoms with Crippen LogP contribution in [0.15, 0.2) is 43.4 Å². The first-order valence-electron chi connectivity index (χ1n) is 5.27. The topological polar surface area (TPSA) is 64.9 Å². The Balaban J connectivity index is 2.19. The molecular weight excluding hydrogens is 394 g/mol. The molecule has 19 heavy (non-hydrogen) atoms. The van der Waals surface area contributed by atoms with Crippen LogP contribution in [0.1, 0.15) is 0 Å². The van der Waals surface area contributed by atoms with Gasteiger partial charge in [0.15, 0.2) is 0 Å². The maximum atomic E-state index is 5.88. The molecule has 0 spiro atoms. The number of hydrogen-bond donors (Lipinski definition) is 1. The zero-order chi connectivity index (χ0) is 13.4. The Bertz CT molecular complexity index is 704. The summed E-state index contributed by atoms with van der Waals surface area (Å²) < 4.78 is 7.11. The van der Waals surface area contributed by atoms with Crippen LogP contribution in [0.4, 0.5) is 5.88 Å². The van der Waals surface area contributed by atoms with Crippen molar-refractivity contribution >= 4 is 49.1 Å². The van der Waals surface area contributed by atoms with Gasteiger partial charge in [0.2, 0.25) is 5.88 Å². The van der Waals surface area contributed by atoms with Gasteiger partial charge in [0.1, 0.15) is 5.69 Å². The summed E-state index contributed by atoms with van der Waals surface area (Å²) >= 11 is 8.49. The Kier molecular flexibility index (Phi) is 3.42. The van der Waals surface area contributed by atoms with Crippen LogP contribution in [-0.4, -0.2) is 10.1 Å². The highest BCUT2D eigenvalue weighted by molar-refractivity contribution is 9.13. The monoisotopic (exact) mass is 399 g/mol.